The molecule has 0 saturated heterocycles. The van der Waals surface area contributed by atoms with E-state index in [9.17, 15) is 13.6 Å². The molecule has 2 aromatic rings. The Kier molecular flexibility index (Phi) is 5.13. The maximum atomic E-state index is 13.5. The maximum Gasteiger partial charge on any atom is 0.521 e. The van der Waals surface area contributed by atoms with E-state index < -0.39 is 23.8 Å². The highest BCUT2D eigenvalue weighted by molar-refractivity contribution is 5.66. The third kappa shape index (κ3) is 4.99. The van der Waals surface area contributed by atoms with E-state index in [-0.39, 0.29) is 11.6 Å². The first-order valence-corrected chi connectivity index (χ1v) is 6.32. The van der Waals surface area contributed by atoms with Crippen molar-refractivity contribution in [2.45, 2.75) is 0 Å². The molecule has 23 heavy (non-hydrogen) atoms. The average Bonchev–Trinajstić information content (AvgIpc) is 2.50. The Morgan fingerprint density at radius 1 is 1.22 bits per heavy atom. The number of benzene rings is 1. The van der Waals surface area contributed by atoms with Crippen LogP contribution in [0.3, 0.4) is 0 Å². The highest BCUT2D eigenvalue weighted by Gasteiger charge is 2.13. The Balaban J connectivity index is 2.05. The van der Waals surface area contributed by atoms with Gasteiger partial charge >= 0.3 is 12.2 Å². The zero-order valence-electron chi connectivity index (χ0n) is 12.2. The van der Waals surface area contributed by atoms with Gasteiger partial charge in [0.05, 0.1) is 12.5 Å². The van der Waals surface area contributed by atoms with Crippen molar-refractivity contribution in [1.29, 1.82) is 0 Å². The second kappa shape index (κ2) is 7.25. The number of nitrogens with zero attached hydrogens (tertiary/aromatic N) is 4. The third-order valence-electron chi connectivity index (χ3n) is 2.30. The molecule has 0 aliphatic heterocycles. The monoisotopic (exact) mass is 322 g/mol. The first-order chi connectivity index (χ1) is 10.9. The Bertz CT molecular complexity index is 720. The molecule has 0 fully saturated rings. The van der Waals surface area contributed by atoms with Crippen LogP contribution in [0.5, 0.6) is 11.8 Å². The quantitative estimate of drug-likeness (QED) is 0.373. The van der Waals surface area contributed by atoms with Gasteiger partial charge in [0.1, 0.15) is 11.6 Å². The van der Waals surface area contributed by atoms with Gasteiger partial charge in [-0.1, -0.05) is 0 Å². The molecule has 1 aromatic heterocycles. The van der Waals surface area contributed by atoms with E-state index in [4.69, 9.17) is 9.47 Å². The number of carbonyl (C=O) groups excluding carboxylic acids is 1. The lowest BCUT2D eigenvalue weighted by molar-refractivity contribution is 0.147. The summed E-state index contributed by atoms with van der Waals surface area (Å²) in [6, 6.07) is 4.30. The molecule has 0 spiro atoms. The van der Waals surface area contributed by atoms with Gasteiger partial charge in [0.15, 0.2) is 11.6 Å². The van der Waals surface area contributed by atoms with Gasteiger partial charge in [0.2, 0.25) is 0 Å². The number of halogens is 2. The summed E-state index contributed by atoms with van der Waals surface area (Å²) >= 11 is 0. The lowest BCUT2D eigenvalue weighted by Crippen LogP contribution is -2.15. The van der Waals surface area contributed by atoms with Gasteiger partial charge in [-0.25, -0.2) is 23.6 Å². The van der Waals surface area contributed by atoms with E-state index in [0.29, 0.717) is 0 Å². The molecule has 0 N–H and O–H groups in total. The number of hydrogen-bond acceptors (Lipinski definition) is 6. The zero-order chi connectivity index (χ0) is 16.8. The molecular formula is C14H12F2N4O3. The Morgan fingerprint density at radius 2 is 1.91 bits per heavy atom. The summed E-state index contributed by atoms with van der Waals surface area (Å²) in [6.07, 6.45) is 0.993. The normalized spacial score (nSPS) is 10.6. The van der Waals surface area contributed by atoms with E-state index in [1.54, 1.807) is 19.0 Å². The van der Waals surface area contributed by atoms with E-state index in [1.165, 1.54) is 18.5 Å². The summed E-state index contributed by atoms with van der Waals surface area (Å²) in [5.74, 6) is -1.47. The molecule has 1 aromatic carbocycles. The van der Waals surface area contributed by atoms with Crippen LogP contribution in [0, 0.1) is 11.6 Å². The van der Waals surface area contributed by atoms with Gasteiger partial charge in [-0.15, -0.1) is 0 Å². The summed E-state index contributed by atoms with van der Waals surface area (Å²) in [6.45, 7) is 0. The second-order valence-electron chi connectivity index (χ2n) is 4.44. The molecule has 0 unspecified atom stereocenters. The molecule has 7 nitrogen and oxygen atoms in total. The number of carbonyl (C=O) groups is 1. The van der Waals surface area contributed by atoms with E-state index >= 15 is 0 Å². The van der Waals surface area contributed by atoms with Crippen molar-refractivity contribution in [1.82, 2.24) is 14.9 Å². The molecule has 2 rings (SSSR count). The fourth-order valence-corrected chi connectivity index (χ4v) is 1.35. The Hall–Kier alpha value is -3.10. The minimum Gasteiger partial charge on any atom is -0.395 e. The van der Waals surface area contributed by atoms with Crippen molar-refractivity contribution in [3.63, 3.8) is 0 Å². The summed E-state index contributed by atoms with van der Waals surface area (Å²) in [5, 5.41) is 0. The van der Waals surface area contributed by atoms with Gasteiger partial charge in [-0.3, -0.25) is 0 Å². The number of rotatable bonds is 4. The lowest BCUT2D eigenvalue weighted by Gasteiger charge is -2.05. The lowest BCUT2D eigenvalue weighted by atomic mass is 10.3. The maximum absolute atomic E-state index is 13.5. The number of aromatic nitrogens is 2. The summed E-state index contributed by atoms with van der Waals surface area (Å²) < 4.78 is 35.7. The van der Waals surface area contributed by atoms with E-state index in [0.717, 1.165) is 18.3 Å². The highest BCUT2D eigenvalue weighted by Crippen LogP contribution is 2.17. The molecule has 0 amide bonds. The molecular weight excluding hydrogens is 310 g/mol. The predicted octanol–water partition coefficient (Wildman–Crippen LogP) is 2.55. The minimum atomic E-state index is -1.15. The fourth-order valence-electron chi connectivity index (χ4n) is 1.35. The Morgan fingerprint density at radius 3 is 2.57 bits per heavy atom. The molecule has 0 saturated carbocycles. The zero-order valence-corrected chi connectivity index (χ0v) is 12.2. The number of ether oxygens (including phenoxy) is 2. The van der Waals surface area contributed by atoms with Crippen LogP contribution in [-0.2, 0) is 0 Å². The smallest absolute Gasteiger partial charge is 0.395 e. The van der Waals surface area contributed by atoms with E-state index in [1.807, 2.05) is 0 Å². The van der Waals surface area contributed by atoms with E-state index in [2.05, 4.69) is 15.0 Å². The molecule has 0 aliphatic rings. The predicted molar refractivity (Wildman–Crippen MR) is 76.9 cm³/mol. The van der Waals surface area contributed by atoms with Crippen molar-refractivity contribution in [3.05, 3.63) is 42.1 Å². The average molecular weight is 322 g/mol. The largest absolute Gasteiger partial charge is 0.521 e. The first-order valence-electron chi connectivity index (χ1n) is 6.32. The van der Waals surface area contributed by atoms with Gasteiger partial charge in [-0.2, -0.15) is 4.98 Å². The van der Waals surface area contributed by atoms with Crippen molar-refractivity contribution in [2.75, 3.05) is 14.1 Å². The first kappa shape index (κ1) is 16.3. The minimum absolute atomic E-state index is 0.0735. The van der Waals surface area contributed by atoms with Crippen LogP contribution in [0.15, 0.2) is 35.5 Å². The molecule has 120 valence electrons. The molecule has 0 bridgehead atoms. The van der Waals surface area contributed by atoms with Crippen LogP contribution >= 0.6 is 0 Å². The van der Waals surface area contributed by atoms with Crippen molar-refractivity contribution < 1.29 is 23.0 Å². The topological polar surface area (TPSA) is 76.9 Å². The molecule has 0 aliphatic carbocycles. The summed E-state index contributed by atoms with van der Waals surface area (Å²) in [5.41, 5.74) is 0. The Labute approximate surface area is 130 Å². The van der Waals surface area contributed by atoms with Crippen LogP contribution < -0.4 is 9.47 Å². The number of aliphatic imine (C=N–C) groups is 1. The van der Waals surface area contributed by atoms with Gasteiger partial charge in [0, 0.05) is 14.1 Å². The second-order valence-corrected chi connectivity index (χ2v) is 4.44. The number of hydrogen-bond donors (Lipinski definition) is 0. The molecule has 0 atom stereocenters. The molecule has 1 heterocycles. The van der Waals surface area contributed by atoms with Crippen LogP contribution in [-0.4, -0.2) is 41.5 Å². The van der Waals surface area contributed by atoms with Crippen LogP contribution in [0.1, 0.15) is 0 Å². The van der Waals surface area contributed by atoms with Crippen LogP contribution in [0.25, 0.3) is 0 Å². The summed E-state index contributed by atoms with van der Waals surface area (Å²) in [7, 11) is 3.39. The fraction of sp³-hybridized carbons (Fsp3) is 0.143. The third-order valence-corrected chi connectivity index (χ3v) is 2.30. The van der Waals surface area contributed by atoms with Crippen molar-refractivity contribution in [2.24, 2.45) is 4.99 Å². The van der Waals surface area contributed by atoms with Gasteiger partial charge in [-0.05, 0) is 24.3 Å². The molecule has 0 radical (unpaired) electrons. The van der Waals surface area contributed by atoms with Crippen LogP contribution in [0.4, 0.5) is 19.4 Å². The van der Waals surface area contributed by atoms with Crippen molar-refractivity contribution in [3.8, 4) is 11.8 Å². The standard InChI is InChI=1S/C14H12F2N4O3/c1-20(2)8-18-12-11(16)7-17-13(19-12)23-14(21)22-10-5-3-9(15)4-6-10/h3-8H,1-2H3. The van der Waals surface area contributed by atoms with Crippen molar-refractivity contribution >= 4 is 18.3 Å². The SMILES string of the molecule is CN(C)C=Nc1nc(OC(=O)Oc2ccc(F)cc2)ncc1F. The summed E-state index contributed by atoms with van der Waals surface area (Å²) in [4.78, 5) is 24.1. The van der Waals surface area contributed by atoms with Gasteiger partial charge < -0.3 is 14.4 Å². The van der Waals surface area contributed by atoms with Gasteiger partial charge in [0.25, 0.3) is 0 Å². The molecule has 9 heteroatoms. The highest BCUT2D eigenvalue weighted by atomic mass is 19.1. The van der Waals surface area contributed by atoms with Crippen LogP contribution in [0.2, 0.25) is 0 Å².